The van der Waals surface area contributed by atoms with Crippen LogP contribution in [0.15, 0.2) is 12.7 Å². The van der Waals surface area contributed by atoms with Crippen molar-refractivity contribution in [2.75, 3.05) is 13.1 Å². The molecule has 0 heterocycles. The number of hydrogen-bond acceptors (Lipinski definition) is 3. The molecular weight excluding hydrogens is 236 g/mol. The lowest BCUT2D eigenvalue weighted by Crippen LogP contribution is -2.45. The van der Waals surface area contributed by atoms with Crippen molar-refractivity contribution in [3.63, 3.8) is 0 Å². The summed E-state index contributed by atoms with van der Waals surface area (Å²) in [5.74, 6) is 0. The molecule has 0 aliphatic heterocycles. The highest BCUT2D eigenvalue weighted by Crippen LogP contribution is 2.19. The average Bonchev–Trinajstić information content (AvgIpc) is 3.05. The average molecular weight is 260 g/mol. The Kier molecular flexibility index (Phi) is 5.16. The Morgan fingerprint density at radius 2 is 2.00 bits per heavy atom. The van der Waals surface area contributed by atoms with Gasteiger partial charge in [-0.2, -0.15) is 4.31 Å². The normalized spacial score (nSPS) is 18.6. The van der Waals surface area contributed by atoms with E-state index in [1.165, 1.54) is 17.1 Å². The Labute approximate surface area is 105 Å². The topological polar surface area (TPSA) is 49.4 Å². The fraction of sp³-hybridized carbons (Fsp3) is 0.833. The Morgan fingerprint density at radius 3 is 2.41 bits per heavy atom. The van der Waals surface area contributed by atoms with Gasteiger partial charge >= 0.3 is 0 Å². The van der Waals surface area contributed by atoms with Crippen LogP contribution in [0.5, 0.6) is 0 Å². The van der Waals surface area contributed by atoms with E-state index in [2.05, 4.69) is 11.9 Å². The molecule has 0 amide bonds. The summed E-state index contributed by atoms with van der Waals surface area (Å²) in [4.78, 5) is 0. The lowest BCUT2D eigenvalue weighted by atomic mass is 10.4. The van der Waals surface area contributed by atoms with Gasteiger partial charge in [0.05, 0.1) is 5.25 Å². The van der Waals surface area contributed by atoms with Crippen LogP contribution in [0.25, 0.3) is 0 Å². The van der Waals surface area contributed by atoms with Crippen LogP contribution in [0.2, 0.25) is 0 Å². The molecule has 1 N–H and O–H groups in total. The van der Waals surface area contributed by atoms with Crippen molar-refractivity contribution >= 4 is 10.0 Å². The standard InChI is InChI=1S/C12H24N2O2S/c1-5-8-14(10(2)3)17(15,16)11(4)9-13-12-6-7-12/h5,10-13H,1,6-9H2,2-4H3. The zero-order chi connectivity index (χ0) is 13.1. The molecule has 1 aliphatic rings. The summed E-state index contributed by atoms with van der Waals surface area (Å²) < 4.78 is 26.2. The predicted octanol–water partition coefficient (Wildman–Crippen LogP) is 1.35. The van der Waals surface area contributed by atoms with E-state index in [9.17, 15) is 8.42 Å². The smallest absolute Gasteiger partial charge is 0.218 e. The van der Waals surface area contributed by atoms with Gasteiger partial charge in [0, 0.05) is 25.2 Å². The van der Waals surface area contributed by atoms with Crippen LogP contribution in [0.3, 0.4) is 0 Å². The second kappa shape index (κ2) is 5.98. The first kappa shape index (κ1) is 14.7. The number of nitrogens with one attached hydrogen (secondary N) is 1. The van der Waals surface area contributed by atoms with Crippen molar-refractivity contribution in [3.8, 4) is 0 Å². The number of nitrogens with zero attached hydrogens (tertiary/aromatic N) is 1. The largest absolute Gasteiger partial charge is 0.313 e. The zero-order valence-corrected chi connectivity index (χ0v) is 11.8. The molecule has 1 aliphatic carbocycles. The minimum Gasteiger partial charge on any atom is -0.313 e. The summed E-state index contributed by atoms with van der Waals surface area (Å²) >= 11 is 0. The van der Waals surface area contributed by atoms with E-state index in [4.69, 9.17) is 0 Å². The molecule has 1 atom stereocenters. The van der Waals surface area contributed by atoms with Crippen molar-refractivity contribution in [3.05, 3.63) is 12.7 Å². The van der Waals surface area contributed by atoms with Gasteiger partial charge in [0.25, 0.3) is 0 Å². The number of hydrogen-bond donors (Lipinski definition) is 1. The van der Waals surface area contributed by atoms with Gasteiger partial charge in [-0.25, -0.2) is 8.42 Å². The fourth-order valence-corrected chi connectivity index (χ4v) is 3.36. The molecule has 0 radical (unpaired) electrons. The molecule has 5 heteroatoms. The summed E-state index contributed by atoms with van der Waals surface area (Å²) in [6, 6.07) is 0.515. The molecule has 0 aromatic rings. The Morgan fingerprint density at radius 1 is 1.41 bits per heavy atom. The summed E-state index contributed by atoms with van der Waals surface area (Å²) in [6.45, 7) is 10.1. The predicted molar refractivity (Wildman–Crippen MR) is 71.4 cm³/mol. The minimum atomic E-state index is -3.23. The summed E-state index contributed by atoms with van der Waals surface area (Å²) in [5, 5.41) is 2.88. The summed E-state index contributed by atoms with van der Waals surface area (Å²) in [6.07, 6.45) is 3.99. The number of rotatable bonds is 8. The maximum Gasteiger partial charge on any atom is 0.218 e. The van der Waals surface area contributed by atoms with Gasteiger partial charge in [0.1, 0.15) is 0 Å². The van der Waals surface area contributed by atoms with E-state index in [1.54, 1.807) is 13.0 Å². The lowest BCUT2D eigenvalue weighted by Gasteiger charge is -2.28. The van der Waals surface area contributed by atoms with Crippen LogP contribution in [0.1, 0.15) is 33.6 Å². The van der Waals surface area contributed by atoms with Crippen LogP contribution in [0.4, 0.5) is 0 Å². The maximum atomic E-state index is 12.3. The monoisotopic (exact) mass is 260 g/mol. The van der Waals surface area contributed by atoms with E-state index in [0.717, 1.165) is 0 Å². The first-order valence-corrected chi connectivity index (χ1v) is 7.74. The van der Waals surface area contributed by atoms with Crippen molar-refractivity contribution < 1.29 is 8.42 Å². The van der Waals surface area contributed by atoms with Gasteiger partial charge in [0.15, 0.2) is 0 Å². The van der Waals surface area contributed by atoms with Gasteiger partial charge in [-0.3, -0.25) is 0 Å². The molecule has 17 heavy (non-hydrogen) atoms. The van der Waals surface area contributed by atoms with E-state index in [0.29, 0.717) is 19.1 Å². The SMILES string of the molecule is C=CCN(C(C)C)S(=O)(=O)C(C)CNC1CC1. The van der Waals surface area contributed by atoms with E-state index in [-0.39, 0.29) is 11.3 Å². The minimum absolute atomic E-state index is 0.0265. The Bertz CT molecular complexity index is 348. The van der Waals surface area contributed by atoms with Gasteiger partial charge in [-0.1, -0.05) is 6.08 Å². The Hall–Kier alpha value is -0.390. The third-order valence-electron chi connectivity index (χ3n) is 2.99. The fourth-order valence-electron chi connectivity index (χ4n) is 1.69. The van der Waals surface area contributed by atoms with Crippen LogP contribution in [-0.4, -0.2) is 43.1 Å². The first-order valence-electron chi connectivity index (χ1n) is 6.24. The second-order valence-corrected chi connectivity index (χ2v) is 7.29. The molecule has 4 nitrogen and oxygen atoms in total. The van der Waals surface area contributed by atoms with Crippen molar-refractivity contribution in [2.45, 2.75) is 50.9 Å². The molecule has 0 spiro atoms. The Balaban J connectivity index is 2.63. The van der Waals surface area contributed by atoms with Gasteiger partial charge < -0.3 is 5.32 Å². The third-order valence-corrected chi connectivity index (χ3v) is 5.40. The van der Waals surface area contributed by atoms with E-state index >= 15 is 0 Å². The van der Waals surface area contributed by atoms with E-state index in [1.807, 2.05) is 13.8 Å². The molecule has 1 saturated carbocycles. The van der Waals surface area contributed by atoms with Crippen molar-refractivity contribution in [2.24, 2.45) is 0 Å². The molecular formula is C12H24N2O2S. The van der Waals surface area contributed by atoms with Crippen LogP contribution in [-0.2, 0) is 10.0 Å². The zero-order valence-electron chi connectivity index (χ0n) is 11.0. The molecule has 0 saturated heterocycles. The third kappa shape index (κ3) is 4.08. The van der Waals surface area contributed by atoms with Crippen molar-refractivity contribution in [1.82, 2.24) is 9.62 Å². The van der Waals surface area contributed by atoms with Crippen molar-refractivity contribution in [1.29, 1.82) is 0 Å². The molecule has 1 rings (SSSR count). The quantitative estimate of drug-likeness (QED) is 0.670. The first-order chi connectivity index (χ1) is 7.89. The molecule has 0 bridgehead atoms. The van der Waals surface area contributed by atoms with Crippen LogP contribution < -0.4 is 5.32 Å². The number of sulfonamides is 1. The van der Waals surface area contributed by atoms with E-state index < -0.39 is 10.0 Å². The van der Waals surface area contributed by atoms with Crippen LogP contribution in [0, 0.1) is 0 Å². The lowest BCUT2D eigenvalue weighted by molar-refractivity contribution is 0.376. The molecule has 100 valence electrons. The molecule has 1 fully saturated rings. The van der Waals surface area contributed by atoms with Gasteiger partial charge in [0.2, 0.25) is 10.0 Å². The maximum absolute atomic E-state index is 12.3. The van der Waals surface area contributed by atoms with Gasteiger partial charge in [-0.15, -0.1) is 6.58 Å². The van der Waals surface area contributed by atoms with Crippen LogP contribution >= 0.6 is 0 Å². The second-order valence-electron chi connectivity index (χ2n) is 4.99. The summed E-state index contributed by atoms with van der Waals surface area (Å²) in [5.41, 5.74) is 0. The molecule has 1 unspecified atom stereocenters. The molecule has 0 aromatic heterocycles. The van der Waals surface area contributed by atoms with Gasteiger partial charge in [-0.05, 0) is 33.6 Å². The summed E-state index contributed by atoms with van der Waals surface area (Å²) in [7, 11) is -3.23. The molecule has 0 aromatic carbocycles. The highest BCUT2D eigenvalue weighted by atomic mass is 32.2. The highest BCUT2D eigenvalue weighted by Gasteiger charge is 2.31. The highest BCUT2D eigenvalue weighted by molar-refractivity contribution is 7.89.